The molecule has 0 atom stereocenters. The molecule has 4 rings (SSSR count). The Kier molecular flexibility index (Phi) is 3.87. The number of rotatable bonds is 3. The molecule has 2 N–H and O–H groups in total. The number of aryl methyl sites for hydroxylation is 1. The van der Waals surface area contributed by atoms with Crippen LogP contribution < -0.4 is 0 Å². The first kappa shape index (κ1) is 16.5. The molecule has 1 aliphatic carbocycles. The number of fused-ring (bicyclic) bond motifs is 1. The fourth-order valence-electron chi connectivity index (χ4n) is 3.59. The molecule has 0 fully saturated rings. The topological polar surface area (TPSA) is 78.9 Å². The van der Waals surface area contributed by atoms with Crippen LogP contribution in [0.1, 0.15) is 48.4 Å². The van der Waals surface area contributed by atoms with E-state index in [2.05, 4.69) is 23.8 Å². The van der Waals surface area contributed by atoms with Gasteiger partial charge < -0.3 is 10.1 Å². The summed E-state index contributed by atoms with van der Waals surface area (Å²) in [5, 5.41) is 9.02. The lowest BCUT2D eigenvalue weighted by atomic mass is 9.77. The molecule has 2 aromatic heterocycles. The molecule has 0 radical (unpaired) electrons. The number of nitrogens with one attached hydrogen (secondary N) is 1. The molecule has 26 heavy (non-hydrogen) atoms. The van der Waals surface area contributed by atoms with Crippen molar-refractivity contribution in [2.45, 2.75) is 38.5 Å². The summed E-state index contributed by atoms with van der Waals surface area (Å²) < 4.78 is 0. The van der Waals surface area contributed by atoms with Crippen LogP contribution in [0.2, 0.25) is 0 Å². The highest BCUT2D eigenvalue weighted by Gasteiger charge is 2.30. The number of carbonyl (C=O) groups is 1. The van der Waals surface area contributed by atoms with Crippen LogP contribution in [0.4, 0.5) is 0 Å². The molecule has 0 saturated carbocycles. The highest BCUT2D eigenvalue weighted by atomic mass is 16.4. The Morgan fingerprint density at radius 1 is 1.12 bits per heavy atom. The van der Waals surface area contributed by atoms with E-state index < -0.39 is 5.97 Å². The molecular formula is C21H21N3O2. The van der Waals surface area contributed by atoms with Crippen LogP contribution in [0.15, 0.2) is 42.6 Å². The zero-order chi connectivity index (χ0) is 18.3. The molecule has 1 aromatic carbocycles. The zero-order valence-corrected chi connectivity index (χ0v) is 14.9. The number of hydrogen-bond acceptors (Lipinski definition) is 3. The summed E-state index contributed by atoms with van der Waals surface area (Å²) in [6, 6.07) is 10.8. The molecule has 0 bridgehead atoms. The zero-order valence-electron chi connectivity index (χ0n) is 14.9. The maximum atomic E-state index is 11.0. The van der Waals surface area contributed by atoms with E-state index in [0.717, 1.165) is 53.3 Å². The van der Waals surface area contributed by atoms with Gasteiger partial charge in [0.15, 0.2) is 0 Å². The van der Waals surface area contributed by atoms with Crippen LogP contribution >= 0.6 is 0 Å². The van der Waals surface area contributed by atoms with Gasteiger partial charge in [-0.1, -0.05) is 26.0 Å². The maximum Gasteiger partial charge on any atom is 0.335 e. The van der Waals surface area contributed by atoms with Gasteiger partial charge in [-0.15, -0.1) is 0 Å². The van der Waals surface area contributed by atoms with Gasteiger partial charge in [0.25, 0.3) is 0 Å². The lowest BCUT2D eigenvalue weighted by Gasteiger charge is -2.30. The van der Waals surface area contributed by atoms with E-state index >= 15 is 0 Å². The molecule has 132 valence electrons. The summed E-state index contributed by atoms with van der Waals surface area (Å²) >= 11 is 0. The van der Waals surface area contributed by atoms with Crippen LogP contribution in [0.3, 0.4) is 0 Å². The molecule has 0 aliphatic heterocycles. The Labute approximate surface area is 152 Å². The molecule has 0 unspecified atom stereocenters. The predicted molar refractivity (Wildman–Crippen MR) is 100 cm³/mol. The summed E-state index contributed by atoms with van der Waals surface area (Å²) in [7, 11) is 0. The third-order valence-corrected chi connectivity index (χ3v) is 5.11. The summed E-state index contributed by atoms with van der Waals surface area (Å²) in [4.78, 5) is 23.9. The van der Waals surface area contributed by atoms with Gasteiger partial charge in [0.2, 0.25) is 0 Å². The van der Waals surface area contributed by atoms with Crippen LogP contribution in [-0.4, -0.2) is 26.0 Å². The van der Waals surface area contributed by atoms with Crippen molar-refractivity contribution >= 4 is 5.97 Å². The Morgan fingerprint density at radius 2 is 1.85 bits per heavy atom. The number of benzene rings is 1. The van der Waals surface area contributed by atoms with Crippen molar-refractivity contribution in [3.05, 3.63) is 59.5 Å². The second kappa shape index (κ2) is 6.09. The number of H-pyrrole nitrogens is 1. The van der Waals surface area contributed by atoms with Crippen molar-refractivity contribution in [2.24, 2.45) is 0 Å². The van der Waals surface area contributed by atoms with Gasteiger partial charge in [-0.25, -0.2) is 9.78 Å². The maximum absolute atomic E-state index is 11.0. The Hall–Kier alpha value is -2.95. The standard InChI is InChI=1S/C21H21N3O2/c1-21(2)11-3-4-17-19(21)24-18(12-22-17)16-10-9-15(23-16)13-5-7-14(8-6-13)20(25)26/h5-10,12,23H,3-4,11H2,1-2H3,(H,25,26). The van der Waals surface area contributed by atoms with Crippen molar-refractivity contribution in [2.75, 3.05) is 0 Å². The van der Waals surface area contributed by atoms with Crippen molar-refractivity contribution in [1.82, 2.24) is 15.0 Å². The molecule has 5 heteroatoms. The number of carboxylic acids is 1. The Balaban J connectivity index is 1.67. The van der Waals surface area contributed by atoms with Gasteiger partial charge in [0, 0.05) is 11.1 Å². The molecule has 3 aromatic rings. The quantitative estimate of drug-likeness (QED) is 0.733. The predicted octanol–water partition coefficient (Wildman–Crippen LogP) is 4.45. The minimum Gasteiger partial charge on any atom is -0.478 e. The number of aromatic carboxylic acids is 1. The minimum absolute atomic E-state index is 0.0542. The van der Waals surface area contributed by atoms with Gasteiger partial charge in [-0.3, -0.25) is 4.98 Å². The van der Waals surface area contributed by atoms with Crippen LogP contribution in [0.5, 0.6) is 0 Å². The summed E-state index contributed by atoms with van der Waals surface area (Å²) in [5.41, 5.74) is 6.17. The molecule has 5 nitrogen and oxygen atoms in total. The monoisotopic (exact) mass is 347 g/mol. The van der Waals surface area contributed by atoms with Gasteiger partial charge in [-0.05, 0) is 49.1 Å². The molecular weight excluding hydrogens is 326 g/mol. The fourth-order valence-corrected chi connectivity index (χ4v) is 3.59. The van der Waals surface area contributed by atoms with Gasteiger partial charge in [0.1, 0.15) is 5.69 Å². The van der Waals surface area contributed by atoms with E-state index in [4.69, 9.17) is 10.1 Å². The van der Waals surface area contributed by atoms with Crippen LogP contribution in [0, 0.1) is 0 Å². The molecule has 0 amide bonds. The number of hydrogen-bond donors (Lipinski definition) is 2. The second-order valence-corrected chi connectivity index (χ2v) is 7.46. The van der Waals surface area contributed by atoms with Crippen LogP contribution in [0.25, 0.3) is 22.6 Å². The SMILES string of the molecule is CC1(C)CCCc2ncc(-c3ccc(-c4ccc(C(=O)O)cc4)[nH]3)nc21. The fraction of sp³-hybridized carbons (Fsp3) is 0.286. The van der Waals surface area contributed by atoms with E-state index in [1.165, 1.54) is 0 Å². The second-order valence-electron chi connectivity index (χ2n) is 7.46. The highest BCUT2D eigenvalue weighted by molar-refractivity contribution is 5.88. The van der Waals surface area contributed by atoms with Crippen molar-refractivity contribution < 1.29 is 9.90 Å². The average Bonchev–Trinajstić information content (AvgIpc) is 3.11. The highest BCUT2D eigenvalue weighted by Crippen LogP contribution is 2.35. The summed E-state index contributed by atoms with van der Waals surface area (Å²) in [6.45, 7) is 4.46. The van der Waals surface area contributed by atoms with Crippen molar-refractivity contribution in [1.29, 1.82) is 0 Å². The minimum atomic E-state index is -0.921. The Morgan fingerprint density at radius 3 is 2.58 bits per heavy atom. The van der Waals surface area contributed by atoms with E-state index in [-0.39, 0.29) is 11.0 Å². The van der Waals surface area contributed by atoms with E-state index in [1.807, 2.05) is 18.3 Å². The normalized spacial score (nSPS) is 15.5. The molecule has 1 aliphatic rings. The molecule has 0 spiro atoms. The Bertz CT molecular complexity index is 971. The van der Waals surface area contributed by atoms with Gasteiger partial charge in [-0.2, -0.15) is 0 Å². The van der Waals surface area contributed by atoms with E-state index in [0.29, 0.717) is 0 Å². The van der Waals surface area contributed by atoms with Crippen molar-refractivity contribution in [3.63, 3.8) is 0 Å². The largest absolute Gasteiger partial charge is 0.478 e. The van der Waals surface area contributed by atoms with E-state index in [1.54, 1.807) is 24.3 Å². The number of carboxylic acid groups (broad SMARTS) is 1. The number of aromatic amines is 1. The lowest BCUT2D eigenvalue weighted by Crippen LogP contribution is -2.26. The number of nitrogens with zero attached hydrogens (tertiary/aromatic N) is 2. The number of aromatic nitrogens is 3. The van der Waals surface area contributed by atoms with Gasteiger partial charge >= 0.3 is 5.97 Å². The molecule has 0 saturated heterocycles. The smallest absolute Gasteiger partial charge is 0.335 e. The lowest BCUT2D eigenvalue weighted by molar-refractivity contribution is 0.0697. The van der Waals surface area contributed by atoms with Gasteiger partial charge in [0.05, 0.1) is 28.8 Å². The van der Waals surface area contributed by atoms with Crippen LogP contribution in [-0.2, 0) is 11.8 Å². The first-order valence-electron chi connectivity index (χ1n) is 8.83. The van der Waals surface area contributed by atoms with E-state index in [9.17, 15) is 4.79 Å². The summed E-state index contributed by atoms with van der Waals surface area (Å²) in [5.74, 6) is -0.921. The third-order valence-electron chi connectivity index (χ3n) is 5.11. The first-order valence-corrected chi connectivity index (χ1v) is 8.83. The van der Waals surface area contributed by atoms with Crippen molar-refractivity contribution in [3.8, 4) is 22.6 Å². The molecule has 2 heterocycles. The summed E-state index contributed by atoms with van der Waals surface area (Å²) in [6.07, 6.45) is 5.12. The third kappa shape index (κ3) is 2.90. The average molecular weight is 347 g/mol. The first-order chi connectivity index (χ1) is 12.4.